The van der Waals surface area contributed by atoms with E-state index in [4.69, 9.17) is 10.5 Å². The maximum Gasteiger partial charge on any atom is 0.223 e. The van der Waals surface area contributed by atoms with E-state index in [1.807, 2.05) is 23.1 Å². The lowest BCUT2D eigenvalue weighted by Crippen LogP contribution is -2.52. The summed E-state index contributed by atoms with van der Waals surface area (Å²) >= 11 is 0. The third-order valence-corrected chi connectivity index (χ3v) is 3.14. The number of nitrogens with two attached hydrogens (primary N) is 1. The first-order valence-electron chi connectivity index (χ1n) is 6.28. The molecule has 98 valence electrons. The Morgan fingerprint density at radius 1 is 1.56 bits per heavy atom. The minimum atomic E-state index is 0.0231. The van der Waals surface area contributed by atoms with Crippen LogP contribution in [-0.2, 0) is 16.0 Å². The number of rotatable bonds is 4. The molecular formula is C13H19N3O2. The Bertz CT molecular complexity index is 383. The first-order chi connectivity index (χ1) is 8.81. The molecule has 1 aromatic rings. The van der Waals surface area contributed by atoms with Gasteiger partial charge < -0.3 is 15.4 Å². The van der Waals surface area contributed by atoms with Gasteiger partial charge in [0.25, 0.3) is 0 Å². The highest BCUT2D eigenvalue weighted by atomic mass is 16.5. The maximum atomic E-state index is 12.1. The molecule has 0 aromatic carbocycles. The van der Waals surface area contributed by atoms with E-state index in [0.717, 1.165) is 5.69 Å². The van der Waals surface area contributed by atoms with E-state index >= 15 is 0 Å². The first kappa shape index (κ1) is 13.0. The number of aryl methyl sites for hydroxylation is 1. The van der Waals surface area contributed by atoms with Crippen molar-refractivity contribution in [3.8, 4) is 0 Å². The van der Waals surface area contributed by atoms with E-state index in [9.17, 15) is 4.79 Å². The van der Waals surface area contributed by atoms with Crippen LogP contribution in [0.4, 0.5) is 0 Å². The topological polar surface area (TPSA) is 68.5 Å². The predicted molar refractivity (Wildman–Crippen MR) is 67.9 cm³/mol. The average molecular weight is 249 g/mol. The van der Waals surface area contributed by atoms with Gasteiger partial charge in [-0.05, 0) is 18.6 Å². The first-order valence-corrected chi connectivity index (χ1v) is 6.28. The molecule has 1 aliphatic rings. The lowest BCUT2D eigenvalue weighted by molar-refractivity contribution is -0.139. The third-order valence-electron chi connectivity index (χ3n) is 3.14. The summed E-state index contributed by atoms with van der Waals surface area (Å²) in [7, 11) is 0. The fourth-order valence-electron chi connectivity index (χ4n) is 2.10. The monoisotopic (exact) mass is 249 g/mol. The number of amides is 1. The lowest BCUT2D eigenvalue weighted by atomic mass is 10.1. The molecule has 1 aliphatic heterocycles. The highest BCUT2D eigenvalue weighted by Gasteiger charge is 2.25. The van der Waals surface area contributed by atoms with Crippen LogP contribution in [0.5, 0.6) is 0 Å². The fourth-order valence-corrected chi connectivity index (χ4v) is 2.10. The van der Waals surface area contributed by atoms with Crippen molar-refractivity contribution in [3.63, 3.8) is 0 Å². The molecule has 18 heavy (non-hydrogen) atoms. The van der Waals surface area contributed by atoms with Gasteiger partial charge in [-0.25, -0.2) is 0 Å². The van der Waals surface area contributed by atoms with Crippen molar-refractivity contribution in [2.24, 2.45) is 5.73 Å². The van der Waals surface area contributed by atoms with Crippen LogP contribution in [0, 0.1) is 0 Å². The summed E-state index contributed by atoms with van der Waals surface area (Å²) in [4.78, 5) is 18.2. The molecule has 1 aromatic heterocycles. The summed E-state index contributed by atoms with van der Waals surface area (Å²) in [6.07, 6.45) is 2.90. The lowest BCUT2D eigenvalue weighted by Gasteiger charge is -2.35. The van der Waals surface area contributed by atoms with Crippen molar-refractivity contribution in [2.75, 3.05) is 26.3 Å². The van der Waals surface area contributed by atoms with Crippen molar-refractivity contribution >= 4 is 5.91 Å². The second-order valence-electron chi connectivity index (χ2n) is 4.37. The van der Waals surface area contributed by atoms with Crippen LogP contribution in [0.3, 0.4) is 0 Å². The highest BCUT2D eigenvalue weighted by molar-refractivity contribution is 5.76. The Morgan fingerprint density at radius 3 is 3.17 bits per heavy atom. The number of nitrogens with zero attached hydrogens (tertiary/aromatic N) is 2. The van der Waals surface area contributed by atoms with Gasteiger partial charge in [0, 0.05) is 31.4 Å². The molecule has 1 saturated heterocycles. The summed E-state index contributed by atoms with van der Waals surface area (Å²) in [6, 6.07) is 5.77. The zero-order chi connectivity index (χ0) is 12.8. The molecule has 0 bridgehead atoms. The zero-order valence-electron chi connectivity index (χ0n) is 10.4. The zero-order valence-corrected chi connectivity index (χ0v) is 10.4. The Kier molecular flexibility index (Phi) is 4.66. The number of carbonyl (C=O) groups excluding carboxylic acids is 1. The fraction of sp³-hybridized carbons (Fsp3) is 0.538. The number of pyridine rings is 1. The normalized spacial score (nSPS) is 19.8. The quantitative estimate of drug-likeness (QED) is 0.827. The Balaban J connectivity index is 1.87. The summed E-state index contributed by atoms with van der Waals surface area (Å²) in [5.41, 5.74) is 6.60. The summed E-state index contributed by atoms with van der Waals surface area (Å²) in [5.74, 6) is 0.138. The van der Waals surface area contributed by atoms with E-state index in [1.54, 1.807) is 6.20 Å². The minimum absolute atomic E-state index is 0.0231. The molecule has 1 atom stereocenters. The largest absolute Gasteiger partial charge is 0.377 e. The van der Waals surface area contributed by atoms with Crippen LogP contribution in [0.15, 0.2) is 24.4 Å². The van der Waals surface area contributed by atoms with Crippen LogP contribution in [-0.4, -0.2) is 48.1 Å². The molecule has 1 amide bonds. The van der Waals surface area contributed by atoms with Crippen molar-refractivity contribution < 1.29 is 9.53 Å². The number of ether oxygens (including phenoxy) is 1. The average Bonchev–Trinajstić information content (AvgIpc) is 2.45. The Morgan fingerprint density at radius 2 is 2.44 bits per heavy atom. The molecule has 0 radical (unpaired) electrons. The maximum absolute atomic E-state index is 12.1. The number of hydrogen-bond donors (Lipinski definition) is 1. The molecule has 2 rings (SSSR count). The van der Waals surface area contributed by atoms with Crippen molar-refractivity contribution in [1.29, 1.82) is 0 Å². The number of carbonyl (C=O) groups is 1. The van der Waals surface area contributed by atoms with Crippen LogP contribution < -0.4 is 5.73 Å². The number of aromatic nitrogens is 1. The van der Waals surface area contributed by atoms with Gasteiger partial charge in [-0.1, -0.05) is 6.07 Å². The van der Waals surface area contributed by atoms with E-state index in [-0.39, 0.29) is 11.9 Å². The Labute approximate surface area is 107 Å². The Hall–Kier alpha value is -1.46. The summed E-state index contributed by atoms with van der Waals surface area (Å²) in [6.45, 7) is 2.25. The van der Waals surface area contributed by atoms with Gasteiger partial charge in [-0.2, -0.15) is 0 Å². The number of morpholine rings is 1. The molecule has 2 N–H and O–H groups in total. The summed E-state index contributed by atoms with van der Waals surface area (Å²) in [5, 5.41) is 0. The van der Waals surface area contributed by atoms with E-state index < -0.39 is 0 Å². The van der Waals surface area contributed by atoms with E-state index in [1.165, 1.54) is 0 Å². The van der Waals surface area contributed by atoms with Gasteiger partial charge in [-0.3, -0.25) is 9.78 Å². The van der Waals surface area contributed by atoms with Crippen LogP contribution in [0.2, 0.25) is 0 Å². The molecule has 0 spiro atoms. The molecule has 0 saturated carbocycles. The molecule has 1 unspecified atom stereocenters. The van der Waals surface area contributed by atoms with Crippen molar-refractivity contribution in [1.82, 2.24) is 9.88 Å². The second-order valence-corrected chi connectivity index (χ2v) is 4.37. The van der Waals surface area contributed by atoms with Crippen LogP contribution >= 0.6 is 0 Å². The predicted octanol–water partition coefficient (Wildman–Crippen LogP) is 0.200. The van der Waals surface area contributed by atoms with Gasteiger partial charge in [0.1, 0.15) is 0 Å². The smallest absolute Gasteiger partial charge is 0.223 e. The molecule has 5 heteroatoms. The molecular weight excluding hydrogens is 230 g/mol. The van der Waals surface area contributed by atoms with Crippen molar-refractivity contribution in [3.05, 3.63) is 30.1 Å². The standard InChI is InChI=1S/C13H19N3O2/c14-9-12-10-18-8-7-16(12)13(17)5-4-11-3-1-2-6-15-11/h1-3,6,12H,4-5,7-10,14H2. The SMILES string of the molecule is NCC1COCCN1C(=O)CCc1ccccn1. The number of hydrogen-bond acceptors (Lipinski definition) is 4. The van der Waals surface area contributed by atoms with Crippen LogP contribution in [0.25, 0.3) is 0 Å². The van der Waals surface area contributed by atoms with Gasteiger partial charge >= 0.3 is 0 Å². The third kappa shape index (κ3) is 3.27. The highest BCUT2D eigenvalue weighted by Crippen LogP contribution is 2.09. The second kappa shape index (κ2) is 6.47. The molecule has 1 fully saturated rings. The van der Waals surface area contributed by atoms with Crippen LogP contribution in [0.1, 0.15) is 12.1 Å². The van der Waals surface area contributed by atoms with Gasteiger partial charge in [0.05, 0.1) is 19.3 Å². The molecule has 0 aliphatic carbocycles. The van der Waals surface area contributed by atoms with Crippen molar-refractivity contribution in [2.45, 2.75) is 18.9 Å². The molecule has 2 heterocycles. The minimum Gasteiger partial charge on any atom is -0.377 e. The van der Waals surface area contributed by atoms with E-state index in [2.05, 4.69) is 4.98 Å². The van der Waals surface area contributed by atoms with Gasteiger partial charge in [0.2, 0.25) is 5.91 Å². The molecule has 5 nitrogen and oxygen atoms in total. The van der Waals surface area contributed by atoms with Gasteiger partial charge in [-0.15, -0.1) is 0 Å². The van der Waals surface area contributed by atoms with E-state index in [0.29, 0.717) is 39.1 Å². The van der Waals surface area contributed by atoms with Gasteiger partial charge in [0.15, 0.2) is 0 Å². The summed E-state index contributed by atoms with van der Waals surface area (Å²) < 4.78 is 5.33.